The molecular weight excluding hydrogens is 390 g/mol. The predicted octanol–water partition coefficient (Wildman–Crippen LogP) is 1.24. The Morgan fingerprint density at radius 2 is 1.86 bits per heavy atom. The first kappa shape index (κ1) is 20.9. The molecule has 0 unspecified atom stereocenters. The Morgan fingerprint density at radius 1 is 1.14 bits per heavy atom. The van der Waals surface area contributed by atoms with Gasteiger partial charge in [-0.2, -0.15) is 0 Å². The van der Waals surface area contributed by atoms with Gasteiger partial charge in [0.15, 0.2) is 5.96 Å². The summed E-state index contributed by atoms with van der Waals surface area (Å²) in [4.78, 5) is 8.98. The van der Waals surface area contributed by atoms with Crippen LogP contribution in [0.2, 0.25) is 0 Å². The first-order chi connectivity index (χ1) is 13.9. The second-order valence-electron chi connectivity index (χ2n) is 6.74. The molecule has 2 aromatic rings. The Bertz CT molecular complexity index is 970. The van der Waals surface area contributed by atoms with Gasteiger partial charge in [0.2, 0.25) is 10.0 Å². The molecule has 0 bridgehead atoms. The summed E-state index contributed by atoms with van der Waals surface area (Å²) in [6.45, 7) is 3.79. The van der Waals surface area contributed by atoms with Crippen LogP contribution in [0.5, 0.6) is 5.75 Å². The van der Waals surface area contributed by atoms with Crippen LogP contribution in [0, 0.1) is 0 Å². The van der Waals surface area contributed by atoms with Gasteiger partial charge in [0.25, 0.3) is 0 Å². The maximum absolute atomic E-state index is 11.5. The van der Waals surface area contributed by atoms with Crippen LogP contribution in [0.25, 0.3) is 0 Å². The minimum absolute atomic E-state index is 0.109. The van der Waals surface area contributed by atoms with E-state index in [2.05, 4.69) is 26.2 Å². The van der Waals surface area contributed by atoms with Crippen molar-refractivity contribution >= 4 is 21.7 Å². The molecule has 1 saturated heterocycles. The van der Waals surface area contributed by atoms with Crippen molar-refractivity contribution in [1.29, 1.82) is 0 Å². The molecule has 1 aliphatic rings. The van der Waals surface area contributed by atoms with Gasteiger partial charge in [-0.15, -0.1) is 0 Å². The van der Waals surface area contributed by atoms with Crippen LogP contribution in [0.3, 0.4) is 0 Å². The highest BCUT2D eigenvalue weighted by Gasteiger charge is 2.21. The Kier molecular flexibility index (Phi) is 6.60. The number of guanidine groups is 1. The molecule has 8 nitrogen and oxygen atoms in total. The average Bonchev–Trinajstić information content (AvgIpc) is 2.74. The van der Waals surface area contributed by atoms with Crippen LogP contribution >= 0.6 is 0 Å². The lowest BCUT2D eigenvalue weighted by Crippen LogP contribution is -2.52. The topological polar surface area (TPSA) is 100 Å². The van der Waals surface area contributed by atoms with Crippen molar-refractivity contribution < 1.29 is 13.2 Å². The fourth-order valence-corrected chi connectivity index (χ4v) is 3.98. The summed E-state index contributed by atoms with van der Waals surface area (Å²) < 4.78 is 28.5. The summed E-state index contributed by atoms with van der Waals surface area (Å²) in [5, 5.41) is 8.52. The van der Waals surface area contributed by atoms with Crippen LogP contribution in [0.1, 0.15) is 5.56 Å². The number of methoxy groups -OCH3 is 1. The lowest BCUT2D eigenvalue weighted by molar-refractivity contribution is 0.367. The zero-order valence-electron chi connectivity index (χ0n) is 16.7. The van der Waals surface area contributed by atoms with E-state index in [0.29, 0.717) is 6.54 Å². The highest BCUT2D eigenvalue weighted by Crippen LogP contribution is 2.28. The van der Waals surface area contributed by atoms with Crippen molar-refractivity contribution in [3.8, 4) is 5.75 Å². The van der Waals surface area contributed by atoms with Crippen molar-refractivity contribution in [2.45, 2.75) is 11.4 Å². The van der Waals surface area contributed by atoms with Gasteiger partial charge in [-0.3, -0.25) is 4.99 Å². The Balaban J connectivity index is 1.60. The highest BCUT2D eigenvalue weighted by molar-refractivity contribution is 7.89. The number of aliphatic imine (C=N–C) groups is 1. The molecule has 0 spiro atoms. The smallest absolute Gasteiger partial charge is 0.238 e. The number of para-hydroxylation sites is 2. The SMILES string of the molecule is CN=C(NCc1cccc(S(N)(=O)=O)c1)N1CCN(c2ccccc2OC)CC1. The quantitative estimate of drug-likeness (QED) is 0.561. The Hall–Kier alpha value is -2.78. The number of nitrogens with zero attached hydrogens (tertiary/aromatic N) is 3. The molecule has 1 aliphatic heterocycles. The number of nitrogens with one attached hydrogen (secondary N) is 1. The van der Waals surface area contributed by atoms with E-state index in [0.717, 1.165) is 49.1 Å². The molecule has 0 aliphatic carbocycles. The third-order valence-electron chi connectivity index (χ3n) is 4.89. The van der Waals surface area contributed by atoms with E-state index < -0.39 is 10.0 Å². The molecule has 0 radical (unpaired) electrons. The third kappa shape index (κ3) is 5.18. The van der Waals surface area contributed by atoms with Crippen molar-refractivity contribution in [3.63, 3.8) is 0 Å². The highest BCUT2D eigenvalue weighted by atomic mass is 32.2. The third-order valence-corrected chi connectivity index (χ3v) is 5.81. The van der Waals surface area contributed by atoms with Crippen molar-refractivity contribution in [1.82, 2.24) is 10.2 Å². The summed E-state index contributed by atoms with van der Waals surface area (Å²) in [6, 6.07) is 14.6. The van der Waals surface area contributed by atoms with Gasteiger partial charge < -0.3 is 19.9 Å². The van der Waals surface area contributed by atoms with E-state index in [1.807, 2.05) is 24.3 Å². The number of hydrogen-bond donors (Lipinski definition) is 2. The average molecular weight is 418 g/mol. The van der Waals surface area contributed by atoms with Crippen LogP contribution in [-0.4, -0.2) is 59.6 Å². The second-order valence-corrected chi connectivity index (χ2v) is 8.30. The zero-order valence-corrected chi connectivity index (χ0v) is 17.5. The number of benzene rings is 2. The van der Waals surface area contributed by atoms with Crippen molar-refractivity contribution in [2.75, 3.05) is 45.2 Å². The molecule has 3 rings (SSSR count). The van der Waals surface area contributed by atoms with E-state index in [1.54, 1.807) is 26.3 Å². The number of sulfonamides is 1. The van der Waals surface area contributed by atoms with E-state index in [4.69, 9.17) is 9.88 Å². The molecule has 0 atom stereocenters. The van der Waals surface area contributed by atoms with Gasteiger partial charge >= 0.3 is 0 Å². The lowest BCUT2D eigenvalue weighted by Gasteiger charge is -2.38. The molecule has 1 heterocycles. The molecule has 2 aromatic carbocycles. The fourth-order valence-electron chi connectivity index (χ4n) is 3.40. The minimum atomic E-state index is -3.71. The fraction of sp³-hybridized carbons (Fsp3) is 0.350. The number of rotatable bonds is 5. The van der Waals surface area contributed by atoms with Gasteiger partial charge in [0.1, 0.15) is 5.75 Å². The summed E-state index contributed by atoms with van der Waals surface area (Å²) in [5.41, 5.74) is 1.92. The van der Waals surface area contributed by atoms with Crippen molar-refractivity contribution in [3.05, 3.63) is 54.1 Å². The molecule has 0 aromatic heterocycles. The molecule has 0 saturated carbocycles. The molecular formula is C20H27N5O3S. The zero-order chi connectivity index (χ0) is 20.9. The van der Waals surface area contributed by atoms with Gasteiger partial charge in [-0.05, 0) is 29.8 Å². The first-order valence-electron chi connectivity index (χ1n) is 9.37. The minimum Gasteiger partial charge on any atom is -0.495 e. The Labute approximate surface area is 172 Å². The maximum atomic E-state index is 11.5. The summed E-state index contributed by atoms with van der Waals surface area (Å²) in [5.74, 6) is 1.66. The van der Waals surface area contributed by atoms with E-state index >= 15 is 0 Å². The van der Waals surface area contributed by atoms with Crippen LogP contribution in [0.15, 0.2) is 58.4 Å². The largest absolute Gasteiger partial charge is 0.495 e. The molecule has 156 valence electrons. The number of ether oxygens (including phenoxy) is 1. The maximum Gasteiger partial charge on any atom is 0.238 e. The second kappa shape index (κ2) is 9.15. The van der Waals surface area contributed by atoms with Gasteiger partial charge in [-0.1, -0.05) is 24.3 Å². The van der Waals surface area contributed by atoms with Gasteiger partial charge in [-0.25, -0.2) is 13.6 Å². The molecule has 1 fully saturated rings. The number of primary sulfonamides is 1. The molecule has 29 heavy (non-hydrogen) atoms. The number of nitrogens with two attached hydrogens (primary N) is 1. The van der Waals surface area contributed by atoms with E-state index in [9.17, 15) is 8.42 Å². The van der Waals surface area contributed by atoms with Crippen LogP contribution < -0.4 is 20.1 Å². The first-order valence-corrected chi connectivity index (χ1v) is 10.9. The summed E-state index contributed by atoms with van der Waals surface area (Å²) in [7, 11) is -0.280. The monoisotopic (exact) mass is 417 g/mol. The molecule has 9 heteroatoms. The summed E-state index contributed by atoms with van der Waals surface area (Å²) >= 11 is 0. The van der Waals surface area contributed by atoms with Crippen LogP contribution in [-0.2, 0) is 16.6 Å². The Morgan fingerprint density at radius 3 is 2.52 bits per heavy atom. The van der Waals surface area contributed by atoms with E-state index in [1.165, 1.54) is 6.07 Å². The normalized spacial score (nSPS) is 15.3. The number of piperazine rings is 1. The van der Waals surface area contributed by atoms with Gasteiger partial charge in [0, 0.05) is 39.8 Å². The lowest BCUT2D eigenvalue weighted by atomic mass is 10.2. The van der Waals surface area contributed by atoms with Crippen LogP contribution in [0.4, 0.5) is 5.69 Å². The van der Waals surface area contributed by atoms with E-state index in [-0.39, 0.29) is 4.90 Å². The predicted molar refractivity (Wildman–Crippen MR) is 115 cm³/mol. The van der Waals surface area contributed by atoms with Gasteiger partial charge in [0.05, 0.1) is 17.7 Å². The summed E-state index contributed by atoms with van der Waals surface area (Å²) in [6.07, 6.45) is 0. The number of hydrogen-bond acceptors (Lipinski definition) is 5. The molecule has 3 N–H and O–H groups in total. The molecule has 0 amide bonds. The van der Waals surface area contributed by atoms with Crippen molar-refractivity contribution in [2.24, 2.45) is 10.1 Å². The standard InChI is InChI=1S/C20H27N5O3S/c1-22-20(23-15-16-6-5-7-17(14-16)29(21,26)27)25-12-10-24(11-13-25)18-8-3-4-9-19(18)28-2/h3-9,14H,10-13,15H2,1-2H3,(H,22,23)(H2,21,26,27). The number of anilines is 1.